The monoisotopic (exact) mass is 365 g/mol. The lowest BCUT2D eigenvalue weighted by Crippen LogP contribution is -2.48. The van der Waals surface area contributed by atoms with Gasteiger partial charge in [0.1, 0.15) is 5.76 Å². The second kappa shape index (κ2) is 9.92. The number of methoxy groups -OCH3 is 1. The van der Waals surface area contributed by atoms with Gasteiger partial charge in [0.25, 0.3) is 0 Å². The summed E-state index contributed by atoms with van der Waals surface area (Å²) in [6.45, 7) is 11.1. The molecule has 1 aliphatic rings. The van der Waals surface area contributed by atoms with Crippen LogP contribution in [0.15, 0.2) is 15.6 Å². The zero-order valence-electron chi connectivity index (χ0n) is 17.0. The van der Waals surface area contributed by atoms with Crippen LogP contribution in [0.3, 0.4) is 0 Å². The van der Waals surface area contributed by atoms with Gasteiger partial charge in [-0.1, -0.05) is 20.8 Å². The molecular weight excluding hydrogens is 330 g/mol. The van der Waals surface area contributed by atoms with Crippen molar-refractivity contribution in [3.8, 4) is 0 Å². The average molecular weight is 366 g/mol. The first-order valence-corrected chi connectivity index (χ1v) is 9.56. The maximum Gasteiger partial charge on any atom is 0.213 e. The Morgan fingerprint density at radius 1 is 1.38 bits per heavy atom. The van der Waals surface area contributed by atoms with E-state index in [0.717, 1.165) is 57.2 Å². The molecule has 1 fully saturated rings. The first-order chi connectivity index (χ1) is 12.4. The fourth-order valence-corrected chi connectivity index (χ4v) is 3.02. The topological polar surface area (TPSA) is 74.9 Å². The van der Waals surface area contributed by atoms with Crippen molar-refractivity contribution in [2.75, 3.05) is 40.4 Å². The van der Waals surface area contributed by atoms with Gasteiger partial charge in [-0.3, -0.25) is 4.99 Å². The van der Waals surface area contributed by atoms with Crippen molar-refractivity contribution in [3.63, 3.8) is 0 Å². The molecule has 1 saturated heterocycles. The van der Waals surface area contributed by atoms with Crippen LogP contribution in [-0.4, -0.2) is 62.3 Å². The third kappa shape index (κ3) is 6.61. The minimum Gasteiger partial charge on any atom is -0.443 e. The van der Waals surface area contributed by atoms with E-state index in [1.165, 1.54) is 0 Å². The Bertz CT molecular complexity index is 557. The van der Waals surface area contributed by atoms with E-state index in [0.29, 0.717) is 18.5 Å². The molecule has 1 aromatic heterocycles. The van der Waals surface area contributed by atoms with Gasteiger partial charge in [-0.2, -0.15) is 0 Å². The van der Waals surface area contributed by atoms with Crippen molar-refractivity contribution in [1.29, 1.82) is 0 Å². The molecule has 0 unspecified atom stereocenters. The summed E-state index contributed by atoms with van der Waals surface area (Å²) in [5.74, 6) is 2.39. The van der Waals surface area contributed by atoms with E-state index < -0.39 is 0 Å². The van der Waals surface area contributed by atoms with Gasteiger partial charge in [0, 0.05) is 51.9 Å². The highest BCUT2D eigenvalue weighted by atomic mass is 16.5. The Hall–Kier alpha value is -1.60. The van der Waals surface area contributed by atoms with Crippen LogP contribution in [0.2, 0.25) is 0 Å². The van der Waals surface area contributed by atoms with Crippen LogP contribution < -0.4 is 10.6 Å². The third-order valence-corrected chi connectivity index (χ3v) is 4.67. The lowest BCUT2D eigenvalue weighted by molar-refractivity contribution is 0.155. The number of hydrogen-bond donors (Lipinski definition) is 2. The second-order valence-electron chi connectivity index (χ2n) is 7.90. The third-order valence-electron chi connectivity index (χ3n) is 4.67. The lowest BCUT2D eigenvalue weighted by atomic mass is 9.94. The predicted octanol–water partition coefficient (Wildman–Crippen LogP) is 2.14. The van der Waals surface area contributed by atoms with Crippen molar-refractivity contribution in [2.45, 2.75) is 58.0 Å². The van der Waals surface area contributed by atoms with E-state index in [9.17, 15) is 0 Å². The van der Waals surface area contributed by atoms with Crippen LogP contribution in [0.4, 0.5) is 0 Å². The molecule has 0 atom stereocenters. The van der Waals surface area contributed by atoms with E-state index in [4.69, 9.17) is 9.15 Å². The maximum absolute atomic E-state index is 5.82. The fourth-order valence-electron chi connectivity index (χ4n) is 3.02. The number of ether oxygens (including phenoxy) is 1. The second-order valence-corrected chi connectivity index (χ2v) is 7.90. The highest BCUT2D eigenvalue weighted by Gasteiger charge is 2.21. The number of aromatic nitrogens is 1. The molecule has 0 spiro atoms. The number of aliphatic imine (C=N–C) groups is 1. The van der Waals surface area contributed by atoms with E-state index in [-0.39, 0.29) is 5.41 Å². The zero-order valence-corrected chi connectivity index (χ0v) is 17.0. The van der Waals surface area contributed by atoms with Gasteiger partial charge < -0.3 is 24.7 Å². The van der Waals surface area contributed by atoms with Crippen LogP contribution in [-0.2, 0) is 16.7 Å². The number of hydrogen-bond acceptors (Lipinski definition) is 5. The van der Waals surface area contributed by atoms with Crippen LogP contribution in [0.25, 0.3) is 0 Å². The van der Waals surface area contributed by atoms with Crippen molar-refractivity contribution in [1.82, 2.24) is 20.5 Å². The van der Waals surface area contributed by atoms with Crippen LogP contribution >= 0.6 is 0 Å². The number of guanidine groups is 1. The molecule has 2 rings (SSSR count). The highest BCUT2D eigenvalue weighted by molar-refractivity contribution is 5.79. The molecule has 0 radical (unpaired) electrons. The summed E-state index contributed by atoms with van der Waals surface area (Å²) in [5, 5.41) is 6.82. The molecule has 2 N–H and O–H groups in total. The quantitative estimate of drug-likeness (QED) is 0.438. The summed E-state index contributed by atoms with van der Waals surface area (Å²) >= 11 is 0. The van der Waals surface area contributed by atoms with Crippen molar-refractivity contribution >= 4 is 5.96 Å². The molecule has 7 heteroatoms. The summed E-state index contributed by atoms with van der Waals surface area (Å²) in [5.41, 5.74) is -0.0254. The summed E-state index contributed by atoms with van der Waals surface area (Å²) in [6, 6.07) is 0.453. The normalized spacial score (nSPS) is 17.5. The standard InChI is InChI=1S/C19H35N5O2/c1-19(2,3)16-13-21-17(26-16)14-22-18(20-4)23-15-7-10-24(11-8-15)9-6-12-25-5/h13,15H,6-12,14H2,1-5H3,(H2,20,22,23). The molecule has 7 nitrogen and oxygen atoms in total. The molecule has 1 aromatic rings. The van der Waals surface area contributed by atoms with Crippen molar-refractivity contribution < 1.29 is 9.15 Å². The van der Waals surface area contributed by atoms with Gasteiger partial charge in [0.15, 0.2) is 5.96 Å². The number of rotatable bonds is 7. The first-order valence-electron chi connectivity index (χ1n) is 9.56. The molecule has 0 aliphatic carbocycles. The minimum absolute atomic E-state index is 0.0254. The highest BCUT2D eigenvalue weighted by Crippen LogP contribution is 2.22. The Morgan fingerprint density at radius 2 is 2.12 bits per heavy atom. The molecule has 1 aliphatic heterocycles. The van der Waals surface area contributed by atoms with Crippen molar-refractivity contribution in [3.05, 3.63) is 17.8 Å². The van der Waals surface area contributed by atoms with Gasteiger partial charge in [-0.15, -0.1) is 0 Å². The van der Waals surface area contributed by atoms with Gasteiger partial charge >= 0.3 is 0 Å². The van der Waals surface area contributed by atoms with Gasteiger partial charge in [0.05, 0.1) is 12.7 Å². The fraction of sp³-hybridized carbons (Fsp3) is 0.789. The van der Waals surface area contributed by atoms with Crippen LogP contribution in [0.5, 0.6) is 0 Å². The summed E-state index contributed by atoms with van der Waals surface area (Å²) in [6.07, 6.45) is 5.17. The first kappa shape index (κ1) is 20.7. The molecular formula is C19H35N5O2. The number of oxazole rings is 1. The molecule has 0 aromatic carbocycles. The SMILES string of the molecule is CN=C(NCc1ncc(C(C)(C)C)o1)NC1CCN(CCCOC)CC1. The lowest BCUT2D eigenvalue weighted by Gasteiger charge is -2.33. The summed E-state index contributed by atoms with van der Waals surface area (Å²) < 4.78 is 10.9. The van der Waals surface area contributed by atoms with Crippen molar-refractivity contribution in [2.24, 2.45) is 4.99 Å². The van der Waals surface area contributed by atoms with E-state index in [2.05, 4.69) is 46.3 Å². The Kier molecular flexibility index (Phi) is 7.90. The molecule has 0 saturated carbocycles. The molecule has 148 valence electrons. The predicted molar refractivity (Wildman–Crippen MR) is 104 cm³/mol. The Labute approximate surface area is 157 Å². The Balaban J connectivity index is 1.72. The van der Waals surface area contributed by atoms with E-state index in [1.807, 2.05) is 6.20 Å². The van der Waals surface area contributed by atoms with E-state index >= 15 is 0 Å². The molecule has 26 heavy (non-hydrogen) atoms. The summed E-state index contributed by atoms with van der Waals surface area (Å²) in [4.78, 5) is 11.2. The Morgan fingerprint density at radius 3 is 2.69 bits per heavy atom. The molecule has 0 bridgehead atoms. The maximum atomic E-state index is 5.82. The van der Waals surface area contributed by atoms with Gasteiger partial charge in [-0.25, -0.2) is 4.98 Å². The zero-order chi connectivity index (χ0) is 19.0. The van der Waals surface area contributed by atoms with Crippen LogP contribution in [0.1, 0.15) is 51.7 Å². The van der Waals surface area contributed by atoms with Gasteiger partial charge in [-0.05, 0) is 19.3 Å². The summed E-state index contributed by atoms with van der Waals surface area (Å²) in [7, 11) is 3.56. The average Bonchev–Trinajstić information content (AvgIpc) is 3.09. The largest absolute Gasteiger partial charge is 0.443 e. The number of nitrogens with zero attached hydrogens (tertiary/aromatic N) is 3. The number of piperidine rings is 1. The molecule has 0 amide bonds. The van der Waals surface area contributed by atoms with Gasteiger partial charge in [0.2, 0.25) is 5.89 Å². The number of nitrogens with one attached hydrogen (secondary N) is 2. The van der Waals surface area contributed by atoms with E-state index in [1.54, 1.807) is 14.2 Å². The number of likely N-dealkylation sites (tertiary alicyclic amines) is 1. The minimum atomic E-state index is -0.0254. The smallest absolute Gasteiger partial charge is 0.213 e. The molecule has 2 heterocycles. The van der Waals surface area contributed by atoms with Crippen LogP contribution in [0, 0.1) is 0 Å².